The Kier molecular flexibility index (Phi) is 2.53. The summed E-state index contributed by atoms with van der Waals surface area (Å²) < 4.78 is 6.46. The molecule has 0 saturated heterocycles. The van der Waals surface area contributed by atoms with Crippen LogP contribution >= 0.6 is 15.9 Å². The second kappa shape index (κ2) is 4.03. The molecule has 0 spiro atoms. The van der Waals surface area contributed by atoms with E-state index < -0.39 is 0 Å². The molecular weight excluding hydrogens is 268 g/mol. The lowest BCUT2D eigenvalue weighted by Gasteiger charge is -2.22. The molecular formula is C12H11BrN2O. The summed E-state index contributed by atoms with van der Waals surface area (Å²) in [5, 5.41) is 3.46. The Morgan fingerprint density at radius 3 is 2.94 bits per heavy atom. The van der Waals surface area contributed by atoms with Crippen LogP contribution in [-0.4, -0.2) is 11.5 Å². The summed E-state index contributed by atoms with van der Waals surface area (Å²) in [5.74, 6) is 1.01. The first kappa shape index (κ1) is 10.1. The topological polar surface area (TPSA) is 38.1 Å². The van der Waals surface area contributed by atoms with Gasteiger partial charge in [0.15, 0.2) is 6.39 Å². The van der Waals surface area contributed by atoms with E-state index in [2.05, 4.69) is 38.4 Å². The second-order valence-corrected chi connectivity index (χ2v) is 4.77. The Labute approximate surface area is 102 Å². The van der Waals surface area contributed by atoms with Crippen molar-refractivity contribution in [2.75, 3.05) is 6.54 Å². The third-order valence-corrected chi connectivity index (χ3v) is 3.38. The van der Waals surface area contributed by atoms with Gasteiger partial charge in [-0.3, -0.25) is 0 Å². The van der Waals surface area contributed by atoms with Crippen LogP contribution in [0.3, 0.4) is 0 Å². The standard InChI is InChI=1S/C12H11BrN2O/c13-9-3-1-8(2-4-9)11-12-10(5-6-14-11)16-7-15-12/h1-4,7,11,14H,5-6H2. The largest absolute Gasteiger partial charge is 0.448 e. The summed E-state index contributed by atoms with van der Waals surface area (Å²) in [5.41, 5.74) is 2.24. The lowest BCUT2D eigenvalue weighted by atomic mass is 9.99. The Morgan fingerprint density at radius 2 is 2.12 bits per heavy atom. The van der Waals surface area contributed by atoms with Crippen LogP contribution in [0.1, 0.15) is 23.1 Å². The first-order chi connectivity index (χ1) is 7.84. The minimum absolute atomic E-state index is 0.163. The van der Waals surface area contributed by atoms with Gasteiger partial charge in [-0.15, -0.1) is 0 Å². The molecule has 1 aliphatic heterocycles. The number of benzene rings is 1. The molecule has 1 unspecified atom stereocenters. The lowest BCUT2D eigenvalue weighted by Crippen LogP contribution is -2.30. The molecule has 1 aromatic carbocycles. The fourth-order valence-electron chi connectivity index (χ4n) is 2.06. The predicted octanol–water partition coefficient (Wildman–Crippen LogP) is 2.67. The number of aromatic nitrogens is 1. The molecule has 3 rings (SSSR count). The average Bonchev–Trinajstić information content (AvgIpc) is 2.78. The van der Waals surface area contributed by atoms with E-state index in [4.69, 9.17) is 4.42 Å². The van der Waals surface area contributed by atoms with Crippen LogP contribution in [0.4, 0.5) is 0 Å². The maximum atomic E-state index is 5.37. The van der Waals surface area contributed by atoms with Gasteiger partial charge < -0.3 is 9.73 Å². The minimum Gasteiger partial charge on any atom is -0.448 e. The van der Waals surface area contributed by atoms with Gasteiger partial charge in [-0.25, -0.2) is 4.98 Å². The van der Waals surface area contributed by atoms with E-state index in [-0.39, 0.29) is 6.04 Å². The van der Waals surface area contributed by atoms with Crippen molar-refractivity contribution in [3.05, 3.63) is 52.1 Å². The Bertz CT molecular complexity index is 492. The number of fused-ring (bicyclic) bond motifs is 1. The van der Waals surface area contributed by atoms with Crippen LogP contribution in [0.15, 0.2) is 39.5 Å². The molecule has 1 aromatic heterocycles. The van der Waals surface area contributed by atoms with Crippen molar-refractivity contribution < 1.29 is 4.42 Å². The summed E-state index contributed by atoms with van der Waals surface area (Å²) in [6.07, 6.45) is 2.45. The third kappa shape index (κ3) is 1.68. The maximum absolute atomic E-state index is 5.37. The fourth-order valence-corrected chi connectivity index (χ4v) is 2.32. The molecule has 0 aliphatic carbocycles. The minimum atomic E-state index is 0.163. The van der Waals surface area contributed by atoms with E-state index in [1.807, 2.05) is 12.1 Å². The zero-order valence-electron chi connectivity index (χ0n) is 8.61. The molecule has 4 heteroatoms. The molecule has 0 saturated carbocycles. The molecule has 0 fully saturated rings. The highest BCUT2D eigenvalue weighted by Crippen LogP contribution is 2.28. The maximum Gasteiger partial charge on any atom is 0.181 e. The number of nitrogens with zero attached hydrogens (tertiary/aromatic N) is 1. The van der Waals surface area contributed by atoms with Crippen molar-refractivity contribution in [2.45, 2.75) is 12.5 Å². The van der Waals surface area contributed by atoms with E-state index >= 15 is 0 Å². The first-order valence-corrected chi connectivity index (χ1v) is 6.05. The van der Waals surface area contributed by atoms with E-state index in [0.29, 0.717) is 0 Å². The number of oxazole rings is 1. The summed E-state index contributed by atoms with van der Waals surface area (Å²) >= 11 is 3.44. The molecule has 2 aromatic rings. The molecule has 1 N–H and O–H groups in total. The van der Waals surface area contributed by atoms with Gasteiger partial charge >= 0.3 is 0 Å². The number of rotatable bonds is 1. The van der Waals surface area contributed by atoms with Crippen molar-refractivity contribution >= 4 is 15.9 Å². The number of nitrogens with one attached hydrogen (secondary N) is 1. The molecule has 82 valence electrons. The van der Waals surface area contributed by atoms with Gasteiger partial charge in [-0.05, 0) is 17.7 Å². The highest BCUT2D eigenvalue weighted by atomic mass is 79.9. The Hall–Kier alpha value is -1.13. The van der Waals surface area contributed by atoms with E-state index in [0.717, 1.165) is 28.9 Å². The Morgan fingerprint density at radius 1 is 1.31 bits per heavy atom. The number of halogens is 1. The molecule has 0 amide bonds. The van der Waals surface area contributed by atoms with Gasteiger partial charge in [-0.2, -0.15) is 0 Å². The van der Waals surface area contributed by atoms with E-state index in [9.17, 15) is 0 Å². The highest BCUT2D eigenvalue weighted by molar-refractivity contribution is 9.10. The fraction of sp³-hybridized carbons (Fsp3) is 0.250. The zero-order chi connectivity index (χ0) is 11.0. The summed E-state index contributed by atoms with van der Waals surface area (Å²) in [7, 11) is 0. The van der Waals surface area contributed by atoms with Crippen LogP contribution < -0.4 is 5.32 Å². The van der Waals surface area contributed by atoms with Crippen LogP contribution in [0.2, 0.25) is 0 Å². The SMILES string of the molecule is Brc1ccc(C2NCCc3ocnc32)cc1. The zero-order valence-corrected chi connectivity index (χ0v) is 10.2. The summed E-state index contributed by atoms with van der Waals surface area (Å²) in [6, 6.07) is 8.46. The van der Waals surface area contributed by atoms with Crippen LogP contribution in [0.25, 0.3) is 0 Å². The van der Waals surface area contributed by atoms with Gasteiger partial charge in [0, 0.05) is 17.4 Å². The first-order valence-electron chi connectivity index (χ1n) is 5.26. The molecule has 1 atom stereocenters. The molecule has 0 radical (unpaired) electrons. The normalized spacial score (nSPS) is 19.4. The number of hydrogen-bond donors (Lipinski definition) is 1. The van der Waals surface area contributed by atoms with Crippen molar-refractivity contribution in [1.29, 1.82) is 0 Å². The summed E-state index contributed by atoms with van der Waals surface area (Å²) in [6.45, 7) is 0.933. The second-order valence-electron chi connectivity index (χ2n) is 3.85. The third-order valence-electron chi connectivity index (χ3n) is 2.85. The number of hydrogen-bond acceptors (Lipinski definition) is 3. The van der Waals surface area contributed by atoms with Crippen molar-refractivity contribution in [3.63, 3.8) is 0 Å². The smallest absolute Gasteiger partial charge is 0.181 e. The molecule has 2 heterocycles. The highest BCUT2D eigenvalue weighted by Gasteiger charge is 2.24. The Balaban J connectivity index is 2.00. The van der Waals surface area contributed by atoms with Crippen LogP contribution in [0.5, 0.6) is 0 Å². The summed E-state index contributed by atoms with van der Waals surface area (Å²) in [4.78, 5) is 4.30. The lowest BCUT2D eigenvalue weighted by molar-refractivity contribution is 0.456. The molecule has 16 heavy (non-hydrogen) atoms. The van der Waals surface area contributed by atoms with Gasteiger partial charge in [0.25, 0.3) is 0 Å². The van der Waals surface area contributed by atoms with Gasteiger partial charge in [-0.1, -0.05) is 28.1 Å². The van der Waals surface area contributed by atoms with Crippen LogP contribution in [0, 0.1) is 0 Å². The monoisotopic (exact) mass is 278 g/mol. The molecule has 0 bridgehead atoms. The van der Waals surface area contributed by atoms with E-state index in [1.165, 1.54) is 12.0 Å². The van der Waals surface area contributed by atoms with Crippen molar-refractivity contribution in [3.8, 4) is 0 Å². The molecule has 3 nitrogen and oxygen atoms in total. The van der Waals surface area contributed by atoms with Gasteiger partial charge in [0.1, 0.15) is 11.5 Å². The van der Waals surface area contributed by atoms with Crippen LogP contribution in [-0.2, 0) is 6.42 Å². The van der Waals surface area contributed by atoms with Crippen molar-refractivity contribution in [2.24, 2.45) is 0 Å². The predicted molar refractivity (Wildman–Crippen MR) is 64.2 cm³/mol. The average molecular weight is 279 g/mol. The quantitative estimate of drug-likeness (QED) is 0.872. The van der Waals surface area contributed by atoms with Crippen molar-refractivity contribution in [1.82, 2.24) is 10.3 Å². The van der Waals surface area contributed by atoms with E-state index in [1.54, 1.807) is 0 Å². The van der Waals surface area contributed by atoms with Gasteiger partial charge in [0.2, 0.25) is 0 Å². The van der Waals surface area contributed by atoms with Gasteiger partial charge in [0.05, 0.1) is 6.04 Å². The molecule has 1 aliphatic rings.